The van der Waals surface area contributed by atoms with Crippen LogP contribution in [0, 0.1) is 5.92 Å². The molecule has 1 saturated heterocycles. The van der Waals surface area contributed by atoms with E-state index in [4.69, 9.17) is 10.3 Å². The lowest BCUT2D eigenvalue weighted by Crippen LogP contribution is -2.48. The maximum absolute atomic E-state index is 5.81. The van der Waals surface area contributed by atoms with Gasteiger partial charge >= 0.3 is 0 Å². The third-order valence-corrected chi connectivity index (χ3v) is 3.22. The fourth-order valence-corrected chi connectivity index (χ4v) is 2.36. The third-order valence-electron chi connectivity index (χ3n) is 3.22. The van der Waals surface area contributed by atoms with Crippen LogP contribution in [-0.4, -0.2) is 34.2 Å². The van der Waals surface area contributed by atoms with Crippen LogP contribution in [0.2, 0.25) is 0 Å². The summed E-state index contributed by atoms with van der Waals surface area (Å²) in [5, 5.41) is 3.84. The van der Waals surface area contributed by atoms with Crippen molar-refractivity contribution < 1.29 is 4.52 Å². The molecule has 0 radical (unpaired) electrons. The summed E-state index contributed by atoms with van der Waals surface area (Å²) in [6.45, 7) is 4.81. The van der Waals surface area contributed by atoms with E-state index in [1.54, 1.807) is 0 Å². The predicted octanol–water partition coefficient (Wildman–Crippen LogP) is 0.629. The lowest BCUT2D eigenvalue weighted by molar-refractivity contribution is 0.0955. The molecule has 1 aromatic rings. The summed E-state index contributed by atoms with van der Waals surface area (Å²) in [7, 11) is 0. The highest BCUT2D eigenvalue weighted by Crippen LogP contribution is 2.23. The van der Waals surface area contributed by atoms with Crippen LogP contribution in [0.5, 0.6) is 0 Å². The largest absolute Gasteiger partial charge is 0.343 e. The molecule has 0 amide bonds. The highest BCUT2D eigenvalue weighted by Gasteiger charge is 2.27. The second kappa shape index (κ2) is 4.72. The number of aromatic nitrogens is 2. The van der Waals surface area contributed by atoms with Crippen LogP contribution in [0.25, 0.3) is 0 Å². The second-order valence-electron chi connectivity index (χ2n) is 4.24. The first kappa shape index (κ1) is 10.6. The van der Waals surface area contributed by atoms with E-state index >= 15 is 0 Å². The Balaban J connectivity index is 2.00. The van der Waals surface area contributed by atoms with Crippen molar-refractivity contribution in [3.05, 3.63) is 12.2 Å². The summed E-state index contributed by atoms with van der Waals surface area (Å²) >= 11 is 0. The minimum Gasteiger partial charge on any atom is -0.343 e. The molecule has 2 rings (SSSR count). The van der Waals surface area contributed by atoms with Crippen molar-refractivity contribution in [2.45, 2.75) is 32.4 Å². The number of rotatable bonds is 3. The lowest BCUT2D eigenvalue weighted by atomic mass is 9.91. The molecule has 0 spiro atoms. The van der Waals surface area contributed by atoms with Crippen LogP contribution in [0.3, 0.4) is 0 Å². The molecule has 5 nitrogen and oxygen atoms in total. The van der Waals surface area contributed by atoms with Crippen LogP contribution >= 0.6 is 0 Å². The molecular weight excluding hydrogens is 192 g/mol. The van der Waals surface area contributed by atoms with Crippen LogP contribution in [0.15, 0.2) is 10.9 Å². The molecule has 15 heavy (non-hydrogen) atoms. The first-order valence-corrected chi connectivity index (χ1v) is 5.50. The van der Waals surface area contributed by atoms with Crippen molar-refractivity contribution in [3.8, 4) is 0 Å². The van der Waals surface area contributed by atoms with Crippen molar-refractivity contribution in [1.29, 1.82) is 0 Å². The molecule has 1 aliphatic heterocycles. The molecule has 0 saturated carbocycles. The molecule has 84 valence electrons. The highest BCUT2D eigenvalue weighted by molar-refractivity contribution is 4.87. The first-order chi connectivity index (χ1) is 7.31. The number of nitrogens with two attached hydrogens (primary N) is 1. The Hall–Kier alpha value is -0.940. The number of nitrogens with zero attached hydrogens (tertiary/aromatic N) is 3. The van der Waals surface area contributed by atoms with Gasteiger partial charge in [0.15, 0.2) is 5.82 Å². The van der Waals surface area contributed by atoms with E-state index in [-0.39, 0.29) is 0 Å². The van der Waals surface area contributed by atoms with Crippen LogP contribution in [-0.2, 0) is 6.54 Å². The highest BCUT2D eigenvalue weighted by atomic mass is 16.5. The van der Waals surface area contributed by atoms with Gasteiger partial charge in [-0.3, -0.25) is 4.90 Å². The summed E-state index contributed by atoms with van der Waals surface area (Å²) in [6.07, 6.45) is 3.88. The van der Waals surface area contributed by atoms with Gasteiger partial charge in [0.1, 0.15) is 0 Å². The van der Waals surface area contributed by atoms with E-state index in [2.05, 4.69) is 22.0 Å². The molecule has 0 bridgehead atoms. The second-order valence-corrected chi connectivity index (χ2v) is 4.24. The van der Waals surface area contributed by atoms with Gasteiger partial charge in [-0.1, -0.05) is 12.1 Å². The van der Waals surface area contributed by atoms with Gasteiger partial charge in [-0.05, 0) is 25.3 Å². The first-order valence-electron chi connectivity index (χ1n) is 5.50. The van der Waals surface area contributed by atoms with E-state index in [1.807, 2.05) is 0 Å². The van der Waals surface area contributed by atoms with Crippen molar-refractivity contribution in [3.63, 3.8) is 0 Å². The molecule has 0 aliphatic carbocycles. The minimum atomic E-state index is 0.456. The van der Waals surface area contributed by atoms with E-state index in [0.717, 1.165) is 18.9 Å². The average molecular weight is 210 g/mol. The van der Waals surface area contributed by atoms with Crippen molar-refractivity contribution >= 4 is 0 Å². The zero-order chi connectivity index (χ0) is 10.7. The zero-order valence-electron chi connectivity index (χ0n) is 9.09. The number of piperidine rings is 1. The summed E-state index contributed by atoms with van der Waals surface area (Å²) in [6, 6.07) is 0.456. The van der Waals surface area contributed by atoms with Crippen molar-refractivity contribution in [2.24, 2.45) is 11.7 Å². The summed E-state index contributed by atoms with van der Waals surface area (Å²) in [4.78, 5) is 6.40. The van der Waals surface area contributed by atoms with Gasteiger partial charge in [-0.15, -0.1) is 0 Å². The van der Waals surface area contributed by atoms with Crippen molar-refractivity contribution in [2.75, 3.05) is 13.1 Å². The minimum absolute atomic E-state index is 0.456. The number of hydrogen-bond donors (Lipinski definition) is 1. The van der Waals surface area contributed by atoms with Crippen LogP contribution in [0.1, 0.15) is 25.6 Å². The van der Waals surface area contributed by atoms with E-state index in [1.165, 1.54) is 19.2 Å². The van der Waals surface area contributed by atoms with Crippen LogP contribution < -0.4 is 5.73 Å². The Labute approximate surface area is 89.6 Å². The Morgan fingerprint density at radius 3 is 3.20 bits per heavy atom. The Bertz CT molecular complexity index is 288. The zero-order valence-corrected chi connectivity index (χ0v) is 9.09. The van der Waals surface area contributed by atoms with Crippen LogP contribution in [0.4, 0.5) is 0 Å². The normalized spacial score (nSPS) is 28.1. The smallest absolute Gasteiger partial charge is 0.213 e. The maximum Gasteiger partial charge on any atom is 0.213 e. The van der Waals surface area contributed by atoms with E-state index < -0.39 is 0 Å². The lowest BCUT2D eigenvalue weighted by Gasteiger charge is -2.38. The molecule has 2 atom stereocenters. The molecular formula is C10H18N4O. The van der Waals surface area contributed by atoms with Gasteiger partial charge < -0.3 is 10.3 Å². The molecule has 2 N–H and O–H groups in total. The third kappa shape index (κ3) is 2.35. The quantitative estimate of drug-likeness (QED) is 0.792. The maximum atomic E-state index is 5.81. The van der Waals surface area contributed by atoms with Gasteiger partial charge in [0.2, 0.25) is 6.39 Å². The molecule has 1 aliphatic rings. The fourth-order valence-electron chi connectivity index (χ4n) is 2.36. The molecule has 1 aromatic heterocycles. The summed E-state index contributed by atoms with van der Waals surface area (Å²) in [5.41, 5.74) is 5.81. The number of likely N-dealkylation sites (tertiary alicyclic amines) is 1. The van der Waals surface area contributed by atoms with Gasteiger partial charge in [0.05, 0.1) is 6.54 Å². The monoisotopic (exact) mass is 210 g/mol. The summed E-state index contributed by atoms with van der Waals surface area (Å²) < 4.78 is 4.73. The molecule has 5 heteroatoms. The Kier molecular flexibility index (Phi) is 3.33. The molecule has 2 unspecified atom stereocenters. The SMILES string of the molecule is CC1CCCN(Cc2ncon2)C1CN. The Morgan fingerprint density at radius 1 is 1.67 bits per heavy atom. The van der Waals surface area contributed by atoms with Gasteiger partial charge in [-0.2, -0.15) is 4.98 Å². The predicted molar refractivity (Wildman–Crippen MR) is 55.9 cm³/mol. The Morgan fingerprint density at radius 2 is 2.53 bits per heavy atom. The van der Waals surface area contributed by atoms with Gasteiger partial charge in [-0.25, -0.2) is 0 Å². The topological polar surface area (TPSA) is 68.2 Å². The van der Waals surface area contributed by atoms with E-state index in [0.29, 0.717) is 18.5 Å². The average Bonchev–Trinajstić information content (AvgIpc) is 2.71. The molecule has 0 aromatic carbocycles. The fraction of sp³-hybridized carbons (Fsp3) is 0.800. The standard InChI is InChI=1S/C10H18N4O/c1-8-3-2-4-14(9(8)5-11)6-10-12-7-15-13-10/h7-9H,2-6,11H2,1H3. The van der Waals surface area contributed by atoms with E-state index in [9.17, 15) is 0 Å². The van der Waals surface area contributed by atoms with Gasteiger partial charge in [0.25, 0.3) is 0 Å². The molecule has 2 heterocycles. The number of hydrogen-bond acceptors (Lipinski definition) is 5. The molecule has 1 fully saturated rings. The van der Waals surface area contributed by atoms with Gasteiger partial charge in [0, 0.05) is 12.6 Å². The summed E-state index contributed by atoms with van der Waals surface area (Å²) in [5.74, 6) is 1.42. The van der Waals surface area contributed by atoms with Crippen molar-refractivity contribution in [1.82, 2.24) is 15.0 Å².